The molecule has 2 rings (SSSR count). The van der Waals surface area contributed by atoms with Crippen LogP contribution >= 0.6 is 23.2 Å². The summed E-state index contributed by atoms with van der Waals surface area (Å²) in [6, 6.07) is 13.1. The van der Waals surface area contributed by atoms with Crippen molar-refractivity contribution in [3.8, 4) is 11.5 Å². The van der Waals surface area contributed by atoms with Gasteiger partial charge in [0.15, 0.2) is 0 Å². The van der Waals surface area contributed by atoms with Crippen LogP contribution < -0.4 is 9.47 Å². The Morgan fingerprint density at radius 3 is 2.35 bits per heavy atom. The zero-order valence-electron chi connectivity index (χ0n) is 13.4. The topological polar surface area (TPSA) is 18.5 Å². The van der Waals surface area contributed by atoms with Gasteiger partial charge in [0, 0.05) is 11.1 Å². The van der Waals surface area contributed by atoms with Crippen LogP contribution in [0.1, 0.15) is 38.2 Å². The van der Waals surface area contributed by atoms with Crippen LogP contribution in [0.5, 0.6) is 11.5 Å². The van der Waals surface area contributed by atoms with E-state index in [1.165, 1.54) is 19.3 Å². The lowest BCUT2D eigenvalue weighted by Gasteiger charge is -2.11. The highest BCUT2D eigenvalue weighted by Gasteiger charge is 2.05. The summed E-state index contributed by atoms with van der Waals surface area (Å²) in [5.74, 6) is 1.44. The molecule has 0 bridgehead atoms. The second-order valence-electron chi connectivity index (χ2n) is 5.42. The molecular formula is C19H22Cl2O2. The highest BCUT2D eigenvalue weighted by Crippen LogP contribution is 2.29. The minimum atomic E-state index is 0.452. The van der Waals surface area contributed by atoms with Crippen molar-refractivity contribution in [2.24, 2.45) is 0 Å². The van der Waals surface area contributed by atoms with Crippen LogP contribution in [0.15, 0.2) is 42.5 Å². The summed E-state index contributed by atoms with van der Waals surface area (Å²) < 4.78 is 11.5. The van der Waals surface area contributed by atoms with Gasteiger partial charge in [-0.25, -0.2) is 0 Å². The van der Waals surface area contributed by atoms with E-state index in [4.69, 9.17) is 32.7 Å². The quantitative estimate of drug-likeness (QED) is 0.477. The SMILES string of the molecule is CCCCCCOc1ccc(OCc2ccc(Cl)cc2)c(Cl)c1. The van der Waals surface area contributed by atoms with Crippen LogP contribution in [-0.4, -0.2) is 6.61 Å². The van der Waals surface area contributed by atoms with E-state index >= 15 is 0 Å². The maximum absolute atomic E-state index is 6.26. The summed E-state index contributed by atoms with van der Waals surface area (Å²) >= 11 is 12.1. The number of hydrogen-bond acceptors (Lipinski definition) is 2. The Morgan fingerprint density at radius 2 is 1.65 bits per heavy atom. The molecule has 0 aliphatic rings. The van der Waals surface area contributed by atoms with Crippen LogP contribution in [0, 0.1) is 0 Å². The largest absolute Gasteiger partial charge is 0.494 e. The molecule has 0 spiro atoms. The van der Waals surface area contributed by atoms with Gasteiger partial charge in [0.25, 0.3) is 0 Å². The molecule has 0 aromatic heterocycles. The van der Waals surface area contributed by atoms with Crippen LogP contribution in [0.4, 0.5) is 0 Å². The number of unbranched alkanes of at least 4 members (excludes halogenated alkanes) is 3. The lowest BCUT2D eigenvalue weighted by molar-refractivity contribution is 0.297. The fourth-order valence-electron chi connectivity index (χ4n) is 2.15. The molecule has 2 aromatic rings. The minimum Gasteiger partial charge on any atom is -0.494 e. The molecule has 2 aromatic carbocycles. The van der Waals surface area contributed by atoms with Gasteiger partial charge in [-0.3, -0.25) is 0 Å². The highest BCUT2D eigenvalue weighted by atomic mass is 35.5. The Hall–Kier alpha value is -1.38. The van der Waals surface area contributed by atoms with Crippen LogP contribution in [0.3, 0.4) is 0 Å². The average molecular weight is 353 g/mol. The molecule has 0 N–H and O–H groups in total. The van der Waals surface area contributed by atoms with E-state index < -0.39 is 0 Å². The van der Waals surface area contributed by atoms with E-state index in [-0.39, 0.29) is 0 Å². The van der Waals surface area contributed by atoms with E-state index in [0.29, 0.717) is 22.4 Å². The Kier molecular flexibility index (Phi) is 7.57. The maximum atomic E-state index is 6.26. The number of benzene rings is 2. The second-order valence-corrected chi connectivity index (χ2v) is 6.26. The lowest BCUT2D eigenvalue weighted by Crippen LogP contribution is -1.99. The lowest BCUT2D eigenvalue weighted by atomic mass is 10.2. The summed E-state index contributed by atoms with van der Waals surface area (Å²) in [5.41, 5.74) is 1.04. The van der Waals surface area contributed by atoms with Gasteiger partial charge >= 0.3 is 0 Å². The predicted molar refractivity (Wildman–Crippen MR) is 96.9 cm³/mol. The molecule has 4 heteroatoms. The van der Waals surface area contributed by atoms with Gasteiger partial charge in [0.05, 0.1) is 11.6 Å². The summed E-state index contributed by atoms with van der Waals surface area (Å²) in [4.78, 5) is 0. The van der Waals surface area contributed by atoms with Crippen molar-refractivity contribution < 1.29 is 9.47 Å². The Balaban J connectivity index is 1.82. The molecule has 0 heterocycles. The molecule has 0 fully saturated rings. The van der Waals surface area contributed by atoms with Gasteiger partial charge in [-0.2, -0.15) is 0 Å². The van der Waals surface area contributed by atoms with Crippen molar-refractivity contribution in [1.29, 1.82) is 0 Å². The molecule has 23 heavy (non-hydrogen) atoms. The second kappa shape index (κ2) is 9.69. The normalized spacial score (nSPS) is 10.6. The summed E-state index contributed by atoms with van der Waals surface area (Å²) in [6.07, 6.45) is 4.75. The van der Waals surface area contributed by atoms with E-state index in [9.17, 15) is 0 Å². The third-order valence-electron chi connectivity index (χ3n) is 3.48. The van der Waals surface area contributed by atoms with E-state index in [1.807, 2.05) is 36.4 Å². The predicted octanol–water partition coefficient (Wildman–Crippen LogP) is 6.53. The summed E-state index contributed by atoms with van der Waals surface area (Å²) in [5, 5.41) is 1.28. The van der Waals surface area contributed by atoms with Gasteiger partial charge in [0.1, 0.15) is 18.1 Å². The zero-order valence-corrected chi connectivity index (χ0v) is 14.9. The van der Waals surface area contributed by atoms with Gasteiger partial charge in [-0.15, -0.1) is 0 Å². The third kappa shape index (κ3) is 6.32. The summed E-state index contributed by atoms with van der Waals surface area (Å²) in [7, 11) is 0. The average Bonchev–Trinajstić information content (AvgIpc) is 2.55. The van der Waals surface area contributed by atoms with Gasteiger partial charge in [-0.1, -0.05) is 61.5 Å². The number of halogens is 2. The Morgan fingerprint density at radius 1 is 0.870 bits per heavy atom. The van der Waals surface area contributed by atoms with Gasteiger partial charge in [-0.05, 0) is 36.2 Å². The first-order chi connectivity index (χ1) is 11.2. The van der Waals surface area contributed by atoms with Crippen molar-refractivity contribution in [3.63, 3.8) is 0 Å². The number of rotatable bonds is 9. The van der Waals surface area contributed by atoms with E-state index in [1.54, 1.807) is 6.07 Å². The van der Waals surface area contributed by atoms with E-state index in [2.05, 4.69) is 6.92 Å². The Labute approximate surface area is 148 Å². The first kappa shape index (κ1) is 18.0. The van der Waals surface area contributed by atoms with Crippen LogP contribution in [-0.2, 0) is 6.61 Å². The highest BCUT2D eigenvalue weighted by molar-refractivity contribution is 6.32. The molecule has 124 valence electrons. The van der Waals surface area contributed by atoms with Crippen molar-refractivity contribution in [2.45, 2.75) is 39.2 Å². The minimum absolute atomic E-state index is 0.452. The van der Waals surface area contributed by atoms with Crippen molar-refractivity contribution in [1.82, 2.24) is 0 Å². The molecule has 0 saturated carbocycles. The molecule has 0 radical (unpaired) electrons. The fourth-order valence-corrected chi connectivity index (χ4v) is 2.50. The van der Waals surface area contributed by atoms with Crippen molar-refractivity contribution in [3.05, 3.63) is 58.1 Å². The maximum Gasteiger partial charge on any atom is 0.138 e. The monoisotopic (exact) mass is 352 g/mol. The fraction of sp³-hybridized carbons (Fsp3) is 0.368. The van der Waals surface area contributed by atoms with Crippen molar-refractivity contribution in [2.75, 3.05) is 6.61 Å². The smallest absolute Gasteiger partial charge is 0.138 e. The van der Waals surface area contributed by atoms with Gasteiger partial charge < -0.3 is 9.47 Å². The zero-order chi connectivity index (χ0) is 16.5. The standard InChI is InChI=1S/C19H22Cl2O2/c1-2-3-4-5-12-22-17-10-11-19(18(21)13-17)23-14-15-6-8-16(20)9-7-15/h6-11,13H,2-5,12,14H2,1H3. The third-order valence-corrected chi connectivity index (χ3v) is 4.02. The Bertz CT molecular complexity index is 597. The number of ether oxygens (including phenoxy) is 2. The molecular weight excluding hydrogens is 331 g/mol. The molecule has 0 amide bonds. The van der Waals surface area contributed by atoms with E-state index in [0.717, 1.165) is 24.3 Å². The van der Waals surface area contributed by atoms with Gasteiger partial charge in [0.2, 0.25) is 0 Å². The first-order valence-electron chi connectivity index (χ1n) is 7.98. The molecule has 0 aliphatic carbocycles. The molecule has 2 nitrogen and oxygen atoms in total. The van der Waals surface area contributed by atoms with Crippen LogP contribution in [0.2, 0.25) is 10.0 Å². The molecule has 0 saturated heterocycles. The molecule has 0 aliphatic heterocycles. The van der Waals surface area contributed by atoms with Crippen molar-refractivity contribution >= 4 is 23.2 Å². The summed E-state index contributed by atoms with van der Waals surface area (Å²) in [6.45, 7) is 3.37. The number of hydrogen-bond donors (Lipinski definition) is 0. The molecule has 0 atom stereocenters. The first-order valence-corrected chi connectivity index (χ1v) is 8.74. The van der Waals surface area contributed by atoms with Crippen LogP contribution in [0.25, 0.3) is 0 Å². The molecule has 0 unspecified atom stereocenters.